The number of rotatable bonds is 12. The van der Waals surface area contributed by atoms with E-state index in [1.165, 1.54) is 121 Å². The van der Waals surface area contributed by atoms with Gasteiger partial charge in [0.05, 0.1) is 0 Å². The Morgan fingerprint density at radius 3 is 1.17 bits per heavy atom. The number of carbonyl (C=O) groups is 2. The topological polar surface area (TPSA) is 232 Å². The number of hydrogen-bond acceptors (Lipinski definition) is 12. The minimum atomic E-state index is -4.65. The molecule has 0 radical (unpaired) electrons. The molecule has 4 aromatic rings. The van der Waals surface area contributed by atoms with E-state index < -0.39 is 42.8 Å². The van der Waals surface area contributed by atoms with Crippen LogP contribution in [0.4, 0.5) is 11.4 Å². The molecule has 0 heterocycles. The van der Waals surface area contributed by atoms with E-state index in [1.54, 1.807) is 0 Å². The van der Waals surface area contributed by atoms with Gasteiger partial charge in [0.25, 0.3) is 11.8 Å². The van der Waals surface area contributed by atoms with Gasteiger partial charge in [0, 0.05) is 48.7 Å². The van der Waals surface area contributed by atoms with Crippen LogP contribution >= 0.6 is 0 Å². The Hall–Kier alpha value is -5.21. The summed E-state index contributed by atoms with van der Waals surface area (Å²) < 4.78 is 89.0. The zero-order valence-electron chi connectivity index (χ0n) is 24.4. The minimum Gasteiger partial charge on any atom is -0.371 e. The molecule has 0 unspecified atom stereocenters. The number of amides is 2. The molecular formula is C28H26N4O12S3. The maximum absolute atomic E-state index is 12.9. The number of hydrogen-bond donors (Lipinski definition) is 2. The third-order valence-corrected chi connectivity index (χ3v) is 7.69. The predicted molar refractivity (Wildman–Crippen MR) is 169 cm³/mol. The van der Waals surface area contributed by atoms with Crippen LogP contribution in [0.15, 0.2) is 97.1 Å². The maximum Gasteiger partial charge on any atom is 0.500 e. The standard InChI is InChI=1S/C28H26N4O12S3/c1-31(21-5-3-7-25(17-21)41-45(29,35)36)27(33)19-9-13-23(14-10-19)43-47(39,40)44-24-15-11-20(12-16-24)28(34)32(2)22-6-4-8-26(18-22)42-46(30,37)38/h3-18H,1-2H3,(H2,29,35,36)(H2,30,37,38). The molecule has 16 nitrogen and oxygen atoms in total. The summed E-state index contributed by atoms with van der Waals surface area (Å²) >= 11 is 0. The van der Waals surface area contributed by atoms with Crippen LogP contribution in [0.3, 0.4) is 0 Å². The fourth-order valence-corrected chi connectivity index (χ4v) is 5.41. The van der Waals surface area contributed by atoms with E-state index in [4.69, 9.17) is 18.6 Å². The van der Waals surface area contributed by atoms with Gasteiger partial charge < -0.3 is 26.5 Å². The molecule has 0 bridgehead atoms. The first kappa shape index (κ1) is 34.7. The van der Waals surface area contributed by atoms with Gasteiger partial charge in [0.15, 0.2) is 0 Å². The van der Waals surface area contributed by atoms with Gasteiger partial charge in [0.1, 0.15) is 23.0 Å². The number of nitrogens with zero attached hydrogens (tertiary/aromatic N) is 2. The molecule has 0 spiro atoms. The van der Waals surface area contributed by atoms with Gasteiger partial charge >= 0.3 is 31.0 Å². The highest BCUT2D eigenvalue weighted by Gasteiger charge is 2.20. The summed E-state index contributed by atoms with van der Waals surface area (Å²) in [6.07, 6.45) is 0. The molecule has 19 heteroatoms. The summed E-state index contributed by atoms with van der Waals surface area (Å²) in [6.45, 7) is 0. The van der Waals surface area contributed by atoms with Crippen LogP contribution in [0, 0.1) is 0 Å². The second kappa shape index (κ2) is 13.6. The summed E-state index contributed by atoms with van der Waals surface area (Å²) in [5, 5.41) is 9.76. The fourth-order valence-electron chi connectivity index (χ4n) is 3.94. The molecule has 0 saturated carbocycles. The zero-order valence-corrected chi connectivity index (χ0v) is 26.9. The second-order valence-corrected chi connectivity index (χ2v) is 13.0. The van der Waals surface area contributed by atoms with Gasteiger partial charge in [-0.2, -0.15) is 27.1 Å². The number of nitrogens with two attached hydrogens (primary N) is 2. The molecule has 248 valence electrons. The summed E-state index contributed by atoms with van der Waals surface area (Å²) in [7, 11) is -10.3. The summed E-state index contributed by atoms with van der Waals surface area (Å²) in [5.74, 6) is -1.59. The Balaban J connectivity index is 1.38. The highest BCUT2D eigenvalue weighted by molar-refractivity contribution is 7.85. The molecule has 4 aromatic carbocycles. The molecule has 4 N–H and O–H groups in total. The van der Waals surface area contributed by atoms with E-state index >= 15 is 0 Å². The van der Waals surface area contributed by atoms with Crippen molar-refractivity contribution < 1.29 is 51.6 Å². The lowest BCUT2D eigenvalue weighted by Crippen LogP contribution is -2.26. The molecule has 0 aromatic heterocycles. The third-order valence-electron chi connectivity index (χ3n) is 6.04. The van der Waals surface area contributed by atoms with E-state index in [2.05, 4.69) is 8.37 Å². The van der Waals surface area contributed by atoms with Crippen LogP contribution in [0.25, 0.3) is 0 Å². The van der Waals surface area contributed by atoms with Gasteiger partial charge in [-0.1, -0.05) is 12.1 Å². The minimum absolute atomic E-state index is 0.103. The number of anilines is 2. The Morgan fingerprint density at radius 1 is 0.511 bits per heavy atom. The fraction of sp³-hybridized carbons (Fsp3) is 0.0714. The lowest BCUT2D eigenvalue weighted by Gasteiger charge is -2.18. The van der Waals surface area contributed by atoms with E-state index in [-0.39, 0.29) is 45.5 Å². The summed E-state index contributed by atoms with van der Waals surface area (Å²) in [6, 6.07) is 21.4. The second-order valence-electron chi connectivity index (χ2n) is 9.50. The van der Waals surface area contributed by atoms with Crippen molar-refractivity contribution in [2.24, 2.45) is 10.3 Å². The van der Waals surface area contributed by atoms with Gasteiger partial charge in [0.2, 0.25) is 0 Å². The van der Waals surface area contributed by atoms with Gasteiger partial charge in [-0.3, -0.25) is 9.59 Å². The van der Waals surface area contributed by atoms with Crippen LogP contribution in [-0.2, 0) is 31.0 Å². The predicted octanol–water partition coefficient (Wildman–Crippen LogP) is 2.11. The van der Waals surface area contributed by atoms with Crippen molar-refractivity contribution in [2.45, 2.75) is 0 Å². The van der Waals surface area contributed by atoms with E-state index in [1.807, 2.05) is 0 Å². The Bertz CT molecular complexity index is 1980. The van der Waals surface area contributed by atoms with Crippen molar-refractivity contribution in [3.8, 4) is 23.0 Å². The Morgan fingerprint density at radius 2 is 0.851 bits per heavy atom. The molecule has 0 aliphatic carbocycles. The molecule has 0 atom stereocenters. The molecule has 0 aliphatic rings. The number of benzene rings is 4. The average Bonchev–Trinajstić information content (AvgIpc) is 2.98. The first-order chi connectivity index (χ1) is 21.9. The Kier molecular flexibility index (Phi) is 10.1. The third kappa shape index (κ3) is 9.89. The van der Waals surface area contributed by atoms with E-state index in [0.29, 0.717) is 0 Å². The lowest BCUT2D eigenvalue weighted by molar-refractivity contribution is 0.0985. The molecular weight excluding hydrogens is 681 g/mol. The first-order valence-corrected chi connectivity index (χ1v) is 17.2. The van der Waals surface area contributed by atoms with Gasteiger partial charge in [-0.15, -0.1) is 8.42 Å². The molecule has 2 amide bonds. The van der Waals surface area contributed by atoms with Crippen molar-refractivity contribution in [1.82, 2.24) is 0 Å². The average molecular weight is 707 g/mol. The largest absolute Gasteiger partial charge is 0.500 e. The van der Waals surface area contributed by atoms with Gasteiger partial charge in [-0.05, 0) is 72.8 Å². The van der Waals surface area contributed by atoms with E-state index in [0.717, 1.165) is 0 Å². The normalized spacial score (nSPS) is 11.7. The maximum atomic E-state index is 12.9. The van der Waals surface area contributed by atoms with Crippen molar-refractivity contribution in [3.05, 3.63) is 108 Å². The van der Waals surface area contributed by atoms with Crippen LogP contribution in [0.1, 0.15) is 20.7 Å². The molecule has 0 aliphatic heterocycles. The Labute approximate surface area is 270 Å². The highest BCUT2D eigenvalue weighted by Crippen LogP contribution is 2.25. The highest BCUT2D eigenvalue weighted by atomic mass is 32.3. The first-order valence-electron chi connectivity index (χ1n) is 12.9. The lowest BCUT2D eigenvalue weighted by atomic mass is 10.2. The van der Waals surface area contributed by atoms with E-state index in [9.17, 15) is 34.8 Å². The van der Waals surface area contributed by atoms with Crippen molar-refractivity contribution in [1.29, 1.82) is 0 Å². The van der Waals surface area contributed by atoms with Crippen LogP contribution in [0.2, 0.25) is 0 Å². The SMILES string of the molecule is CN(C(=O)c1ccc(OS(=O)(=O)Oc2ccc(C(=O)N(C)c3cccc(OS(N)(=O)=O)c3)cc2)cc1)c1cccc(OS(N)(=O)=O)c1. The monoisotopic (exact) mass is 706 g/mol. The van der Waals surface area contributed by atoms with Crippen molar-refractivity contribution in [2.75, 3.05) is 23.9 Å². The quantitative estimate of drug-likeness (QED) is 0.216. The summed E-state index contributed by atoms with van der Waals surface area (Å²) in [4.78, 5) is 28.3. The van der Waals surface area contributed by atoms with Crippen LogP contribution in [-0.4, -0.2) is 51.2 Å². The molecule has 0 saturated heterocycles. The summed E-state index contributed by atoms with van der Waals surface area (Å²) in [5.41, 5.74) is 0.862. The smallest absolute Gasteiger partial charge is 0.371 e. The molecule has 47 heavy (non-hydrogen) atoms. The van der Waals surface area contributed by atoms with Crippen molar-refractivity contribution >= 4 is 54.2 Å². The van der Waals surface area contributed by atoms with Gasteiger partial charge in [-0.25, -0.2) is 0 Å². The van der Waals surface area contributed by atoms with Crippen LogP contribution < -0.4 is 36.8 Å². The molecule has 4 rings (SSSR count). The zero-order chi connectivity index (χ0) is 34.6. The molecule has 0 fully saturated rings. The number of carbonyl (C=O) groups excluding carboxylic acids is 2. The van der Waals surface area contributed by atoms with Crippen molar-refractivity contribution in [3.63, 3.8) is 0 Å². The van der Waals surface area contributed by atoms with Crippen LogP contribution in [0.5, 0.6) is 23.0 Å².